The lowest BCUT2D eigenvalue weighted by atomic mass is 10.1. The molecule has 1 aliphatic heterocycles. The standard InChI is InChI=1S/C9H10BrN5O/c10-7-1-12-15(2-7)8-3-14(4-8)5-9-11-6-16-13-9/h1-2,6,8H,3-5H2. The average Bonchev–Trinajstić information content (AvgIpc) is 2.82. The van der Waals surface area contributed by atoms with E-state index in [1.165, 1.54) is 6.39 Å². The Balaban J connectivity index is 1.55. The zero-order valence-corrected chi connectivity index (χ0v) is 10.0. The van der Waals surface area contributed by atoms with Crippen molar-refractivity contribution in [2.75, 3.05) is 13.1 Å². The molecule has 0 atom stereocenters. The fourth-order valence-electron chi connectivity index (χ4n) is 1.82. The SMILES string of the molecule is Brc1cnn(C2CN(Cc3ncon3)C2)c1. The van der Waals surface area contributed by atoms with Crippen LogP contribution in [-0.4, -0.2) is 37.9 Å². The summed E-state index contributed by atoms with van der Waals surface area (Å²) in [6.45, 7) is 2.70. The third-order valence-electron chi connectivity index (χ3n) is 2.65. The van der Waals surface area contributed by atoms with Gasteiger partial charge in [0, 0.05) is 19.3 Å². The Morgan fingerprint density at radius 3 is 3.00 bits per heavy atom. The molecule has 0 aromatic carbocycles. The Morgan fingerprint density at radius 1 is 1.50 bits per heavy atom. The van der Waals surface area contributed by atoms with Crippen molar-refractivity contribution in [2.45, 2.75) is 12.6 Å². The molecule has 3 heterocycles. The van der Waals surface area contributed by atoms with Gasteiger partial charge in [0.1, 0.15) is 0 Å². The first kappa shape index (κ1) is 9.98. The van der Waals surface area contributed by atoms with Gasteiger partial charge in [0.25, 0.3) is 0 Å². The van der Waals surface area contributed by atoms with Crippen LogP contribution in [0.1, 0.15) is 11.9 Å². The second-order valence-electron chi connectivity index (χ2n) is 3.83. The molecule has 0 aliphatic carbocycles. The van der Waals surface area contributed by atoms with Gasteiger partial charge in [-0.25, -0.2) is 0 Å². The molecule has 0 saturated carbocycles. The number of hydrogen-bond acceptors (Lipinski definition) is 5. The van der Waals surface area contributed by atoms with Crippen molar-refractivity contribution in [3.8, 4) is 0 Å². The molecule has 7 heteroatoms. The van der Waals surface area contributed by atoms with Crippen LogP contribution >= 0.6 is 15.9 Å². The molecule has 0 N–H and O–H groups in total. The molecule has 84 valence electrons. The van der Waals surface area contributed by atoms with Crippen LogP contribution in [0.3, 0.4) is 0 Å². The van der Waals surface area contributed by atoms with E-state index in [9.17, 15) is 0 Å². The lowest BCUT2D eigenvalue weighted by molar-refractivity contribution is 0.0872. The molecular weight excluding hydrogens is 274 g/mol. The summed E-state index contributed by atoms with van der Waals surface area (Å²) >= 11 is 3.39. The minimum Gasteiger partial charge on any atom is -0.343 e. The van der Waals surface area contributed by atoms with Crippen molar-refractivity contribution >= 4 is 15.9 Å². The molecule has 0 spiro atoms. The lowest BCUT2D eigenvalue weighted by Gasteiger charge is -2.38. The van der Waals surface area contributed by atoms with Gasteiger partial charge in [-0.05, 0) is 15.9 Å². The highest BCUT2D eigenvalue weighted by atomic mass is 79.9. The first-order valence-corrected chi connectivity index (χ1v) is 5.78. The van der Waals surface area contributed by atoms with Crippen LogP contribution in [0.15, 0.2) is 27.8 Å². The lowest BCUT2D eigenvalue weighted by Crippen LogP contribution is -2.47. The number of likely N-dealkylation sites (tertiary alicyclic amines) is 1. The van der Waals surface area contributed by atoms with Crippen LogP contribution in [0.5, 0.6) is 0 Å². The number of aromatic nitrogens is 4. The minimum atomic E-state index is 0.457. The van der Waals surface area contributed by atoms with Gasteiger partial charge >= 0.3 is 0 Å². The Kier molecular flexibility index (Phi) is 2.49. The molecule has 0 radical (unpaired) electrons. The van der Waals surface area contributed by atoms with Crippen LogP contribution in [0, 0.1) is 0 Å². The van der Waals surface area contributed by atoms with E-state index in [0.29, 0.717) is 6.04 Å². The van der Waals surface area contributed by atoms with Crippen molar-refractivity contribution in [3.63, 3.8) is 0 Å². The molecule has 2 aromatic heterocycles. The second-order valence-corrected chi connectivity index (χ2v) is 4.75. The maximum atomic E-state index is 4.69. The van der Waals surface area contributed by atoms with Crippen molar-refractivity contribution < 1.29 is 4.52 Å². The maximum Gasteiger partial charge on any atom is 0.213 e. The summed E-state index contributed by atoms with van der Waals surface area (Å²) in [4.78, 5) is 6.25. The molecule has 1 fully saturated rings. The third kappa shape index (κ3) is 1.88. The van der Waals surface area contributed by atoms with E-state index in [4.69, 9.17) is 0 Å². The summed E-state index contributed by atoms with van der Waals surface area (Å²) < 4.78 is 7.69. The number of hydrogen-bond donors (Lipinski definition) is 0. The van der Waals surface area contributed by atoms with Gasteiger partial charge in [-0.1, -0.05) is 5.16 Å². The molecule has 1 aliphatic rings. The van der Waals surface area contributed by atoms with Gasteiger partial charge in [0.15, 0.2) is 5.82 Å². The van der Waals surface area contributed by atoms with E-state index >= 15 is 0 Å². The van der Waals surface area contributed by atoms with Gasteiger partial charge in [0.2, 0.25) is 6.39 Å². The largest absolute Gasteiger partial charge is 0.343 e. The number of halogens is 1. The molecule has 2 aromatic rings. The van der Waals surface area contributed by atoms with Gasteiger partial charge in [-0.15, -0.1) is 0 Å². The summed E-state index contributed by atoms with van der Waals surface area (Å²) in [5, 5.41) is 8.04. The van der Waals surface area contributed by atoms with E-state index in [1.54, 1.807) is 0 Å². The molecule has 3 rings (SSSR count). The molecule has 0 bridgehead atoms. The predicted octanol–water partition coefficient (Wildman–Crippen LogP) is 1.09. The van der Waals surface area contributed by atoms with Crippen molar-refractivity contribution in [1.29, 1.82) is 0 Å². The van der Waals surface area contributed by atoms with Gasteiger partial charge < -0.3 is 4.52 Å². The van der Waals surface area contributed by atoms with Crippen molar-refractivity contribution in [3.05, 3.63) is 29.1 Å². The molecular formula is C9H10BrN5O. The first-order chi connectivity index (χ1) is 7.81. The highest BCUT2D eigenvalue weighted by Crippen LogP contribution is 2.22. The summed E-state index contributed by atoms with van der Waals surface area (Å²) in [5.41, 5.74) is 0. The van der Waals surface area contributed by atoms with E-state index < -0.39 is 0 Å². The van der Waals surface area contributed by atoms with E-state index in [2.05, 4.69) is 40.6 Å². The third-order valence-corrected chi connectivity index (χ3v) is 3.06. The fourth-order valence-corrected chi connectivity index (χ4v) is 2.12. The van der Waals surface area contributed by atoms with Crippen LogP contribution in [0.25, 0.3) is 0 Å². The van der Waals surface area contributed by atoms with Crippen molar-refractivity contribution in [1.82, 2.24) is 24.8 Å². The zero-order chi connectivity index (χ0) is 11.0. The van der Waals surface area contributed by atoms with Crippen LogP contribution < -0.4 is 0 Å². The van der Waals surface area contributed by atoms with Crippen LogP contribution in [0.4, 0.5) is 0 Å². The Morgan fingerprint density at radius 2 is 2.38 bits per heavy atom. The summed E-state index contributed by atoms with van der Waals surface area (Å²) in [6.07, 6.45) is 5.16. The van der Waals surface area contributed by atoms with Gasteiger partial charge in [-0.2, -0.15) is 10.1 Å². The summed E-state index contributed by atoms with van der Waals surface area (Å²) in [6, 6.07) is 0.457. The summed E-state index contributed by atoms with van der Waals surface area (Å²) in [5.74, 6) is 0.736. The molecule has 6 nitrogen and oxygen atoms in total. The summed E-state index contributed by atoms with van der Waals surface area (Å²) in [7, 11) is 0. The van der Waals surface area contributed by atoms with Gasteiger partial charge in [0.05, 0.1) is 23.3 Å². The Bertz CT molecular complexity index is 462. The zero-order valence-electron chi connectivity index (χ0n) is 8.45. The molecule has 1 saturated heterocycles. The van der Waals surface area contributed by atoms with Crippen LogP contribution in [-0.2, 0) is 6.54 Å². The normalized spacial score (nSPS) is 17.6. The van der Waals surface area contributed by atoms with E-state index in [0.717, 1.165) is 29.9 Å². The highest BCUT2D eigenvalue weighted by Gasteiger charge is 2.29. The van der Waals surface area contributed by atoms with E-state index in [-0.39, 0.29) is 0 Å². The van der Waals surface area contributed by atoms with E-state index in [1.807, 2.05) is 17.1 Å². The Labute approximate surface area is 100 Å². The van der Waals surface area contributed by atoms with Crippen LogP contribution in [0.2, 0.25) is 0 Å². The van der Waals surface area contributed by atoms with Gasteiger partial charge in [-0.3, -0.25) is 9.58 Å². The first-order valence-electron chi connectivity index (χ1n) is 4.98. The molecule has 0 unspecified atom stereocenters. The number of rotatable bonds is 3. The molecule has 16 heavy (non-hydrogen) atoms. The number of nitrogens with zero attached hydrogens (tertiary/aromatic N) is 5. The van der Waals surface area contributed by atoms with Crippen molar-refractivity contribution in [2.24, 2.45) is 0 Å². The maximum absolute atomic E-state index is 4.69. The smallest absolute Gasteiger partial charge is 0.213 e. The monoisotopic (exact) mass is 283 g/mol. The Hall–Kier alpha value is -1.21. The highest BCUT2D eigenvalue weighted by molar-refractivity contribution is 9.10. The average molecular weight is 284 g/mol. The topological polar surface area (TPSA) is 60.0 Å². The molecule has 0 amide bonds. The predicted molar refractivity (Wildman–Crippen MR) is 58.5 cm³/mol. The minimum absolute atomic E-state index is 0.457. The fraction of sp³-hybridized carbons (Fsp3) is 0.444. The quantitative estimate of drug-likeness (QED) is 0.844. The second kappa shape index (κ2) is 3.99.